The first kappa shape index (κ1) is 10.6. The van der Waals surface area contributed by atoms with Gasteiger partial charge in [-0.3, -0.25) is 4.57 Å². The van der Waals surface area contributed by atoms with E-state index in [4.69, 9.17) is 22.7 Å². The highest BCUT2D eigenvalue weighted by Crippen LogP contribution is 2.32. The van der Waals surface area contributed by atoms with Crippen molar-refractivity contribution in [3.8, 4) is 0 Å². The third kappa shape index (κ3) is 2.05. The van der Waals surface area contributed by atoms with Crippen molar-refractivity contribution in [1.82, 2.24) is 14.8 Å². The van der Waals surface area contributed by atoms with Gasteiger partial charge in [0.25, 0.3) is 0 Å². The lowest BCUT2D eigenvalue weighted by Gasteiger charge is -2.36. The average Bonchev–Trinajstić information content (AvgIpc) is 2.44. The molecular formula is C9H16N4OS. The zero-order chi connectivity index (χ0) is 11.1. The van der Waals surface area contributed by atoms with Crippen LogP contribution in [0, 0.1) is 4.77 Å². The third-order valence-electron chi connectivity index (χ3n) is 2.77. The smallest absolute Gasteiger partial charge is 0.220 e. The maximum Gasteiger partial charge on any atom is 0.220 e. The molecule has 0 bridgehead atoms. The first-order valence-electron chi connectivity index (χ1n) is 5.06. The van der Waals surface area contributed by atoms with Gasteiger partial charge < -0.3 is 10.5 Å². The largest absolute Gasteiger partial charge is 0.375 e. The molecule has 1 aromatic heterocycles. The fraction of sp³-hybridized carbons (Fsp3) is 0.778. The SMILES string of the molecule is CC1(C)CC(n2c(N)n[nH]c2=S)CCO1. The summed E-state index contributed by atoms with van der Waals surface area (Å²) in [4.78, 5) is 0. The molecule has 0 amide bonds. The van der Waals surface area contributed by atoms with Crippen molar-refractivity contribution in [2.45, 2.75) is 38.3 Å². The van der Waals surface area contributed by atoms with E-state index in [1.807, 2.05) is 4.57 Å². The van der Waals surface area contributed by atoms with Crippen LogP contribution in [0.5, 0.6) is 0 Å². The number of anilines is 1. The number of rotatable bonds is 1. The maximum absolute atomic E-state index is 5.77. The number of nitrogens with two attached hydrogens (primary N) is 1. The summed E-state index contributed by atoms with van der Waals surface area (Å²) in [5.74, 6) is 0.461. The molecule has 0 aliphatic carbocycles. The Balaban J connectivity index is 2.28. The van der Waals surface area contributed by atoms with Gasteiger partial charge in [-0.05, 0) is 38.9 Å². The molecule has 1 saturated heterocycles. The Hall–Kier alpha value is -0.880. The minimum Gasteiger partial charge on any atom is -0.375 e. The van der Waals surface area contributed by atoms with E-state index in [2.05, 4.69) is 24.0 Å². The molecule has 0 spiro atoms. The third-order valence-corrected chi connectivity index (χ3v) is 3.06. The minimum absolute atomic E-state index is 0.110. The van der Waals surface area contributed by atoms with Crippen molar-refractivity contribution in [2.24, 2.45) is 0 Å². The molecule has 1 unspecified atom stereocenters. The van der Waals surface area contributed by atoms with E-state index in [-0.39, 0.29) is 5.60 Å². The van der Waals surface area contributed by atoms with Gasteiger partial charge in [-0.1, -0.05) is 0 Å². The summed E-state index contributed by atoms with van der Waals surface area (Å²) < 4.78 is 8.14. The van der Waals surface area contributed by atoms with Crippen molar-refractivity contribution in [3.63, 3.8) is 0 Å². The van der Waals surface area contributed by atoms with E-state index in [0.717, 1.165) is 19.4 Å². The van der Waals surface area contributed by atoms with Crippen LogP contribution in [0.2, 0.25) is 0 Å². The van der Waals surface area contributed by atoms with Crippen LogP contribution in [-0.4, -0.2) is 27.0 Å². The van der Waals surface area contributed by atoms with Crippen molar-refractivity contribution in [2.75, 3.05) is 12.3 Å². The Morgan fingerprint density at radius 1 is 1.67 bits per heavy atom. The fourth-order valence-electron chi connectivity index (χ4n) is 2.09. The minimum atomic E-state index is -0.110. The second-order valence-electron chi connectivity index (χ2n) is 4.51. The Bertz CT molecular complexity index is 408. The number of aromatic nitrogens is 3. The molecule has 1 fully saturated rings. The predicted molar refractivity (Wildman–Crippen MR) is 60.1 cm³/mol. The molecule has 2 heterocycles. The first-order chi connectivity index (χ1) is 6.99. The fourth-order valence-corrected chi connectivity index (χ4v) is 2.38. The molecule has 15 heavy (non-hydrogen) atoms. The predicted octanol–water partition coefficient (Wildman–Crippen LogP) is 1.65. The number of aromatic amines is 1. The van der Waals surface area contributed by atoms with Crippen LogP contribution < -0.4 is 5.73 Å². The molecule has 1 aromatic rings. The van der Waals surface area contributed by atoms with E-state index in [0.29, 0.717) is 16.8 Å². The first-order valence-corrected chi connectivity index (χ1v) is 5.47. The number of ether oxygens (including phenoxy) is 1. The Labute approximate surface area is 93.6 Å². The van der Waals surface area contributed by atoms with Crippen molar-refractivity contribution >= 4 is 18.2 Å². The molecule has 1 atom stereocenters. The maximum atomic E-state index is 5.77. The molecule has 0 saturated carbocycles. The molecule has 2 rings (SSSR count). The van der Waals surface area contributed by atoms with E-state index in [9.17, 15) is 0 Å². The molecule has 6 heteroatoms. The van der Waals surface area contributed by atoms with Crippen LogP contribution in [0.15, 0.2) is 0 Å². The number of nitrogens with one attached hydrogen (secondary N) is 1. The highest BCUT2D eigenvalue weighted by Gasteiger charge is 2.31. The summed E-state index contributed by atoms with van der Waals surface area (Å²) in [5.41, 5.74) is 5.66. The number of hydrogen-bond acceptors (Lipinski definition) is 4. The molecule has 0 aromatic carbocycles. The summed E-state index contributed by atoms with van der Waals surface area (Å²) in [6.07, 6.45) is 1.84. The van der Waals surface area contributed by atoms with Gasteiger partial charge in [-0.2, -0.15) is 0 Å². The lowest BCUT2D eigenvalue weighted by Crippen LogP contribution is -2.35. The number of H-pyrrole nitrogens is 1. The van der Waals surface area contributed by atoms with Gasteiger partial charge in [0.1, 0.15) is 0 Å². The molecule has 5 nitrogen and oxygen atoms in total. The van der Waals surface area contributed by atoms with E-state index < -0.39 is 0 Å². The van der Waals surface area contributed by atoms with Crippen molar-refractivity contribution in [3.05, 3.63) is 4.77 Å². The second kappa shape index (κ2) is 3.61. The second-order valence-corrected chi connectivity index (χ2v) is 4.90. The van der Waals surface area contributed by atoms with Crippen LogP contribution in [0.25, 0.3) is 0 Å². The Morgan fingerprint density at radius 3 is 2.93 bits per heavy atom. The van der Waals surface area contributed by atoms with E-state index in [1.54, 1.807) is 0 Å². The van der Waals surface area contributed by atoms with Crippen molar-refractivity contribution in [1.29, 1.82) is 0 Å². The molecule has 3 N–H and O–H groups in total. The number of nitrogens with zero attached hydrogens (tertiary/aromatic N) is 2. The molecule has 1 aliphatic rings. The zero-order valence-electron chi connectivity index (χ0n) is 8.99. The van der Waals surface area contributed by atoms with Gasteiger partial charge in [-0.25, -0.2) is 5.10 Å². The lowest BCUT2D eigenvalue weighted by atomic mass is 9.94. The summed E-state index contributed by atoms with van der Waals surface area (Å²) in [7, 11) is 0. The highest BCUT2D eigenvalue weighted by molar-refractivity contribution is 7.71. The van der Waals surface area contributed by atoms with E-state index in [1.165, 1.54) is 0 Å². The topological polar surface area (TPSA) is 68.9 Å². The van der Waals surface area contributed by atoms with Gasteiger partial charge >= 0.3 is 0 Å². The Morgan fingerprint density at radius 2 is 2.40 bits per heavy atom. The highest BCUT2D eigenvalue weighted by atomic mass is 32.1. The number of nitrogen functional groups attached to an aromatic ring is 1. The normalized spacial score (nSPS) is 25.3. The zero-order valence-corrected chi connectivity index (χ0v) is 9.80. The van der Waals surface area contributed by atoms with Gasteiger partial charge in [0.15, 0.2) is 4.77 Å². The number of hydrogen-bond donors (Lipinski definition) is 2. The monoisotopic (exact) mass is 228 g/mol. The molecule has 84 valence electrons. The molecule has 1 aliphatic heterocycles. The Kier molecular flexibility index (Phi) is 2.56. The quantitative estimate of drug-likeness (QED) is 0.717. The van der Waals surface area contributed by atoms with Gasteiger partial charge in [0.05, 0.1) is 5.60 Å². The van der Waals surface area contributed by atoms with Gasteiger partial charge in [0.2, 0.25) is 5.95 Å². The summed E-state index contributed by atoms with van der Waals surface area (Å²) in [5, 5.41) is 6.63. The van der Waals surface area contributed by atoms with Crippen LogP contribution in [-0.2, 0) is 4.74 Å². The van der Waals surface area contributed by atoms with Crippen molar-refractivity contribution < 1.29 is 4.74 Å². The van der Waals surface area contributed by atoms with Crippen LogP contribution >= 0.6 is 12.2 Å². The van der Waals surface area contributed by atoms with Crippen LogP contribution in [0.1, 0.15) is 32.7 Å². The van der Waals surface area contributed by atoms with E-state index >= 15 is 0 Å². The summed E-state index contributed by atoms with van der Waals surface area (Å²) in [6, 6.07) is 0.292. The van der Waals surface area contributed by atoms with Gasteiger partial charge in [-0.15, -0.1) is 5.10 Å². The standard InChI is InChI=1S/C9H16N4OS/c1-9(2)5-6(3-4-14-9)13-7(10)11-12-8(13)15/h6H,3-5H2,1-2H3,(H2,10,11)(H,12,15). The molecular weight excluding hydrogens is 212 g/mol. The summed E-state index contributed by atoms with van der Waals surface area (Å²) >= 11 is 5.15. The van der Waals surface area contributed by atoms with Crippen LogP contribution in [0.3, 0.4) is 0 Å². The molecule has 0 radical (unpaired) electrons. The van der Waals surface area contributed by atoms with Gasteiger partial charge in [0, 0.05) is 12.6 Å². The average molecular weight is 228 g/mol. The lowest BCUT2D eigenvalue weighted by molar-refractivity contribution is -0.0690. The summed E-state index contributed by atoms with van der Waals surface area (Å²) in [6.45, 7) is 4.90. The van der Waals surface area contributed by atoms with Crippen LogP contribution in [0.4, 0.5) is 5.95 Å².